The number of hydrogen-bond acceptors (Lipinski definition) is 6. The van der Waals surface area contributed by atoms with Crippen molar-refractivity contribution in [1.29, 1.82) is 0 Å². The molecule has 0 atom stereocenters. The Labute approximate surface area is 175 Å². The lowest BCUT2D eigenvalue weighted by Crippen LogP contribution is -2.27. The van der Waals surface area contributed by atoms with Crippen LogP contribution in [0.5, 0.6) is 11.5 Å². The number of thiocarbonyl (C=S) groups is 1. The largest absolute Gasteiger partial charge is 0.493 e. The number of aromatic carboxylic acids is 1. The van der Waals surface area contributed by atoms with E-state index in [0.717, 1.165) is 11.8 Å². The van der Waals surface area contributed by atoms with Crippen molar-refractivity contribution in [3.63, 3.8) is 0 Å². The van der Waals surface area contributed by atoms with Gasteiger partial charge < -0.3 is 14.6 Å². The number of halogens is 1. The highest BCUT2D eigenvalue weighted by Gasteiger charge is 2.33. The first-order valence-electron chi connectivity index (χ1n) is 7.88. The van der Waals surface area contributed by atoms with Gasteiger partial charge >= 0.3 is 5.97 Å². The molecule has 28 heavy (non-hydrogen) atoms. The minimum absolute atomic E-state index is 0.0715. The molecule has 0 aliphatic carbocycles. The van der Waals surface area contributed by atoms with Crippen LogP contribution < -0.4 is 14.4 Å². The standard InChI is InChI=1S/C19H14ClNO5S2/c1-25-14-7-10(6-13(20)16(14)26-2)8-15-17(22)21(19(27)28-15)12-5-3-4-11(9-12)18(23)24/h3-9H,1-2H3,(H,23,24)/b15-8-. The van der Waals surface area contributed by atoms with Crippen molar-refractivity contribution in [3.05, 3.63) is 57.5 Å². The van der Waals surface area contributed by atoms with Gasteiger partial charge in [-0.05, 0) is 42.0 Å². The minimum atomic E-state index is -1.08. The maximum Gasteiger partial charge on any atom is 0.335 e. The summed E-state index contributed by atoms with van der Waals surface area (Å²) in [6.45, 7) is 0. The van der Waals surface area contributed by atoms with Crippen LogP contribution in [0.2, 0.25) is 5.02 Å². The smallest absolute Gasteiger partial charge is 0.335 e. The van der Waals surface area contributed by atoms with E-state index in [-0.39, 0.29) is 11.5 Å². The number of carbonyl (C=O) groups is 2. The molecule has 1 saturated heterocycles. The summed E-state index contributed by atoms with van der Waals surface area (Å²) in [6, 6.07) is 9.40. The third-order valence-electron chi connectivity index (χ3n) is 3.90. The lowest BCUT2D eigenvalue weighted by molar-refractivity contribution is -0.113. The number of nitrogens with zero attached hydrogens (tertiary/aromatic N) is 1. The van der Waals surface area contributed by atoms with Gasteiger partial charge in [0.05, 0.1) is 35.4 Å². The van der Waals surface area contributed by atoms with Gasteiger partial charge in [0.15, 0.2) is 15.8 Å². The van der Waals surface area contributed by atoms with Gasteiger partial charge in [-0.15, -0.1) is 0 Å². The Morgan fingerprint density at radius 1 is 1.25 bits per heavy atom. The van der Waals surface area contributed by atoms with E-state index in [1.54, 1.807) is 30.3 Å². The van der Waals surface area contributed by atoms with E-state index >= 15 is 0 Å². The number of carboxylic acids is 1. The number of anilines is 1. The number of ether oxygens (including phenoxy) is 2. The number of amides is 1. The average molecular weight is 436 g/mol. The maximum absolute atomic E-state index is 12.9. The fraction of sp³-hybridized carbons (Fsp3) is 0.105. The Bertz CT molecular complexity index is 1020. The summed E-state index contributed by atoms with van der Waals surface area (Å²) < 4.78 is 10.8. The topological polar surface area (TPSA) is 76.1 Å². The molecule has 0 saturated carbocycles. The monoisotopic (exact) mass is 435 g/mol. The summed E-state index contributed by atoms with van der Waals surface area (Å²) in [5.41, 5.74) is 1.11. The van der Waals surface area contributed by atoms with Crippen molar-refractivity contribution >= 4 is 63.5 Å². The second-order valence-electron chi connectivity index (χ2n) is 5.61. The van der Waals surface area contributed by atoms with Crippen LogP contribution in [-0.2, 0) is 4.79 Å². The zero-order valence-electron chi connectivity index (χ0n) is 14.8. The number of rotatable bonds is 5. The molecule has 3 rings (SSSR count). The molecule has 1 heterocycles. The molecular formula is C19H14ClNO5S2. The Balaban J connectivity index is 1.97. The van der Waals surface area contributed by atoms with Crippen molar-refractivity contribution in [2.75, 3.05) is 19.1 Å². The molecule has 9 heteroatoms. The number of carboxylic acid groups (broad SMARTS) is 1. The lowest BCUT2D eigenvalue weighted by Gasteiger charge is -2.14. The van der Waals surface area contributed by atoms with E-state index in [9.17, 15) is 9.59 Å². The summed E-state index contributed by atoms with van der Waals surface area (Å²) >= 11 is 12.7. The molecule has 0 spiro atoms. The summed E-state index contributed by atoms with van der Waals surface area (Å²) in [4.78, 5) is 25.8. The highest BCUT2D eigenvalue weighted by atomic mass is 35.5. The minimum Gasteiger partial charge on any atom is -0.493 e. The molecule has 0 aromatic heterocycles. The van der Waals surface area contributed by atoms with E-state index in [1.165, 1.54) is 31.3 Å². The normalized spacial score (nSPS) is 15.2. The van der Waals surface area contributed by atoms with Gasteiger partial charge in [0.1, 0.15) is 0 Å². The van der Waals surface area contributed by atoms with Crippen LogP contribution in [0.3, 0.4) is 0 Å². The first-order chi connectivity index (χ1) is 13.3. The predicted octanol–water partition coefficient (Wildman–Crippen LogP) is 4.46. The van der Waals surface area contributed by atoms with Crippen LogP contribution in [0.15, 0.2) is 41.3 Å². The third-order valence-corrected chi connectivity index (χ3v) is 5.48. The Kier molecular flexibility index (Phi) is 5.93. The van der Waals surface area contributed by atoms with Gasteiger partial charge in [0.2, 0.25) is 0 Å². The SMILES string of the molecule is COc1cc(/C=C2\SC(=S)N(c3cccc(C(=O)O)c3)C2=O)cc(Cl)c1OC. The van der Waals surface area contributed by atoms with Crippen LogP contribution >= 0.6 is 35.6 Å². The second-order valence-corrected chi connectivity index (χ2v) is 7.69. The molecule has 0 bridgehead atoms. The predicted molar refractivity (Wildman–Crippen MR) is 114 cm³/mol. The van der Waals surface area contributed by atoms with Crippen molar-refractivity contribution in [2.45, 2.75) is 0 Å². The molecule has 1 N–H and O–H groups in total. The zero-order chi connectivity index (χ0) is 20.4. The molecule has 1 fully saturated rings. The van der Waals surface area contributed by atoms with E-state index in [2.05, 4.69) is 0 Å². The molecule has 0 radical (unpaired) electrons. The summed E-state index contributed by atoms with van der Waals surface area (Å²) in [5, 5.41) is 9.51. The maximum atomic E-state index is 12.9. The number of methoxy groups -OCH3 is 2. The van der Waals surface area contributed by atoms with Crippen molar-refractivity contribution in [1.82, 2.24) is 0 Å². The van der Waals surface area contributed by atoms with Crippen molar-refractivity contribution < 1.29 is 24.2 Å². The lowest BCUT2D eigenvalue weighted by atomic mass is 10.1. The van der Waals surface area contributed by atoms with E-state index in [1.807, 2.05) is 0 Å². The Morgan fingerprint density at radius 3 is 2.64 bits per heavy atom. The molecule has 1 aliphatic rings. The fourth-order valence-electron chi connectivity index (χ4n) is 2.64. The van der Waals surface area contributed by atoms with E-state index in [4.69, 9.17) is 38.4 Å². The number of carbonyl (C=O) groups excluding carboxylic acids is 1. The van der Waals surface area contributed by atoms with Crippen LogP contribution in [0.25, 0.3) is 6.08 Å². The van der Waals surface area contributed by atoms with Crippen LogP contribution in [0, 0.1) is 0 Å². The summed E-state index contributed by atoms with van der Waals surface area (Å²) in [7, 11) is 2.98. The van der Waals surface area contributed by atoms with Crippen LogP contribution in [0.1, 0.15) is 15.9 Å². The fourth-order valence-corrected chi connectivity index (χ4v) is 4.24. The molecule has 2 aromatic rings. The van der Waals surface area contributed by atoms with E-state index in [0.29, 0.717) is 37.0 Å². The van der Waals surface area contributed by atoms with Crippen molar-refractivity contribution in [3.8, 4) is 11.5 Å². The summed E-state index contributed by atoms with van der Waals surface area (Å²) in [5.74, 6) is -0.587. The van der Waals surface area contributed by atoms with E-state index < -0.39 is 5.97 Å². The third kappa shape index (κ3) is 3.84. The second kappa shape index (κ2) is 8.22. The highest BCUT2D eigenvalue weighted by molar-refractivity contribution is 8.27. The van der Waals surface area contributed by atoms with Gasteiger partial charge in [-0.25, -0.2) is 4.79 Å². The first-order valence-corrected chi connectivity index (χ1v) is 9.48. The highest BCUT2D eigenvalue weighted by Crippen LogP contribution is 2.39. The van der Waals surface area contributed by atoms with Crippen LogP contribution in [0.4, 0.5) is 5.69 Å². The molecule has 2 aromatic carbocycles. The molecule has 1 amide bonds. The van der Waals surface area contributed by atoms with Gasteiger partial charge in [-0.1, -0.05) is 41.6 Å². The molecular weight excluding hydrogens is 422 g/mol. The molecule has 6 nitrogen and oxygen atoms in total. The van der Waals surface area contributed by atoms with Crippen LogP contribution in [-0.4, -0.2) is 35.5 Å². The van der Waals surface area contributed by atoms with Gasteiger partial charge in [-0.3, -0.25) is 9.69 Å². The number of benzene rings is 2. The average Bonchev–Trinajstić information content (AvgIpc) is 2.94. The van der Waals surface area contributed by atoms with Gasteiger partial charge in [0, 0.05) is 0 Å². The van der Waals surface area contributed by atoms with Gasteiger partial charge in [-0.2, -0.15) is 0 Å². The molecule has 1 aliphatic heterocycles. The molecule has 0 unspecified atom stereocenters. The van der Waals surface area contributed by atoms with Crippen molar-refractivity contribution in [2.24, 2.45) is 0 Å². The van der Waals surface area contributed by atoms with Gasteiger partial charge in [0.25, 0.3) is 5.91 Å². The zero-order valence-corrected chi connectivity index (χ0v) is 17.2. The number of hydrogen-bond donors (Lipinski definition) is 1. The Morgan fingerprint density at radius 2 is 2.00 bits per heavy atom. The first kappa shape index (κ1) is 20.2. The Hall–Kier alpha value is -2.55. The quantitative estimate of drug-likeness (QED) is 0.548. The summed E-state index contributed by atoms with van der Waals surface area (Å²) in [6.07, 6.45) is 1.65. The molecule has 144 valence electrons. The number of thioether (sulfide) groups is 1.